The minimum Gasteiger partial charge on any atom is -0.507 e. The molecule has 7 heteroatoms. The molecule has 0 aromatic heterocycles. The molecule has 0 heterocycles. The Bertz CT molecular complexity index is 1000. The van der Waals surface area contributed by atoms with Gasteiger partial charge in [0.15, 0.2) is 6.61 Å². The van der Waals surface area contributed by atoms with Crippen molar-refractivity contribution in [3.05, 3.63) is 66.0 Å². The highest BCUT2D eigenvalue weighted by Crippen LogP contribution is 2.35. The number of ether oxygens (including phenoxy) is 1. The number of hydrogen-bond donors (Lipinski definition) is 3. The number of rotatable bonds is 4. The number of esters is 1. The number of halogens is 1. The lowest BCUT2D eigenvalue weighted by molar-refractivity contribution is -0.119. The van der Waals surface area contributed by atoms with E-state index in [-0.39, 0.29) is 28.1 Å². The van der Waals surface area contributed by atoms with Crippen LogP contribution in [0.25, 0.3) is 10.8 Å². The molecule has 0 radical (unpaired) electrons. The molecular weight excluding hydrogens is 341 g/mol. The molecule has 1 amide bonds. The lowest BCUT2D eigenvalue weighted by Crippen LogP contribution is -2.21. The van der Waals surface area contributed by atoms with Crippen molar-refractivity contribution in [2.24, 2.45) is 0 Å². The number of carbonyl (C=O) groups is 2. The fourth-order valence-electron chi connectivity index (χ4n) is 2.47. The van der Waals surface area contributed by atoms with Gasteiger partial charge in [-0.2, -0.15) is 0 Å². The fraction of sp³-hybridized carbons (Fsp3) is 0.0526. The molecule has 0 aliphatic heterocycles. The highest BCUT2D eigenvalue weighted by Gasteiger charge is 2.19. The van der Waals surface area contributed by atoms with Crippen molar-refractivity contribution in [1.82, 2.24) is 0 Å². The minimum atomic E-state index is -0.974. The summed E-state index contributed by atoms with van der Waals surface area (Å²) < 4.78 is 17.9. The van der Waals surface area contributed by atoms with E-state index in [9.17, 15) is 24.2 Å². The van der Waals surface area contributed by atoms with Gasteiger partial charge in [-0.1, -0.05) is 30.3 Å². The maximum Gasteiger partial charge on any atom is 0.342 e. The van der Waals surface area contributed by atoms with Crippen LogP contribution in [0.4, 0.5) is 10.1 Å². The summed E-state index contributed by atoms with van der Waals surface area (Å²) in [5.74, 6) is -2.72. The Morgan fingerprint density at radius 2 is 1.73 bits per heavy atom. The van der Waals surface area contributed by atoms with Crippen LogP contribution in [0.5, 0.6) is 11.5 Å². The van der Waals surface area contributed by atoms with Crippen LogP contribution < -0.4 is 5.32 Å². The monoisotopic (exact) mass is 355 g/mol. The summed E-state index contributed by atoms with van der Waals surface area (Å²) in [6.45, 7) is -0.637. The Labute approximate surface area is 147 Å². The normalized spacial score (nSPS) is 10.5. The molecule has 0 aliphatic rings. The van der Waals surface area contributed by atoms with E-state index in [2.05, 4.69) is 5.32 Å². The lowest BCUT2D eigenvalue weighted by Gasteiger charge is -2.10. The van der Waals surface area contributed by atoms with Crippen LogP contribution in [0, 0.1) is 5.82 Å². The van der Waals surface area contributed by atoms with Crippen LogP contribution in [0.3, 0.4) is 0 Å². The van der Waals surface area contributed by atoms with Gasteiger partial charge in [0.1, 0.15) is 22.9 Å². The Morgan fingerprint density at radius 1 is 1.00 bits per heavy atom. The highest BCUT2D eigenvalue weighted by atomic mass is 19.1. The molecule has 0 atom stereocenters. The van der Waals surface area contributed by atoms with Crippen LogP contribution in [0.2, 0.25) is 0 Å². The van der Waals surface area contributed by atoms with E-state index in [0.29, 0.717) is 5.39 Å². The van der Waals surface area contributed by atoms with Crippen molar-refractivity contribution in [3.63, 3.8) is 0 Å². The van der Waals surface area contributed by atoms with E-state index in [1.807, 2.05) is 0 Å². The van der Waals surface area contributed by atoms with Crippen LogP contribution in [-0.4, -0.2) is 28.7 Å². The summed E-state index contributed by atoms with van der Waals surface area (Å²) in [7, 11) is 0. The smallest absolute Gasteiger partial charge is 0.342 e. The maximum absolute atomic E-state index is 13.1. The van der Waals surface area contributed by atoms with Crippen molar-refractivity contribution in [2.45, 2.75) is 0 Å². The van der Waals surface area contributed by atoms with Crippen molar-refractivity contribution >= 4 is 28.3 Å². The van der Waals surface area contributed by atoms with Crippen molar-refractivity contribution in [2.75, 3.05) is 11.9 Å². The molecule has 0 aliphatic carbocycles. The van der Waals surface area contributed by atoms with Gasteiger partial charge >= 0.3 is 5.97 Å². The van der Waals surface area contributed by atoms with Gasteiger partial charge in [0, 0.05) is 16.5 Å². The molecule has 0 bridgehead atoms. The third kappa shape index (κ3) is 3.56. The number of phenolic OH excluding ortho intramolecular Hbond substituents is 2. The van der Waals surface area contributed by atoms with Gasteiger partial charge in [0.05, 0.1) is 0 Å². The third-order valence-electron chi connectivity index (χ3n) is 3.66. The molecule has 3 rings (SSSR count). The Balaban J connectivity index is 1.71. The van der Waals surface area contributed by atoms with Crippen LogP contribution >= 0.6 is 0 Å². The average Bonchev–Trinajstić information content (AvgIpc) is 2.63. The fourth-order valence-corrected chi connectivity index (χ4v) is 2.47. The molecule has 3 aromatic carbocycles. The molecule has 6 nitrogen and oxygen atoms in total. The van der Waals surface area contributed by atoms with E-state index < -0.39 is 24.3 Å². The number of phenols is 2. The molecule has 0 fully saturated rings. The molecule has 0 spiro atoms. The van der Waals surface area contributed by atoms with Crippen molar-refractivity contribution in [3.8, 4) is 11.5 Å². The summed E-state index contributed by atoms with van der Waals surface area (Å²) in [4.78, 5) is 23.9. The number of benzene rings is 3. The van der Waals surface area contributed by atoms with E-state index in [1.165, 1.54) is 24.3 Å². The molecular formula is C19H14FNO5. The molecule has 0 saturated carbocycles. The summed E-state index contributed by atoms with van der Waals surface area (Å²) >= 11 is 0. The van der Waals surface area contributed by atoms with Gasteiger partial charge in [-0.3, -0.25) is 4.79 Å². The first-order valence-corrected chi connectivity index (χ1v) is 7.62. The number of aromatic hydroxyl groups is 2. The number of amides is 1. The Kier molecular flexibility index (Phi) is 4.70. The predicted octanol–water partition coefficient (Wildman–Crippen LogP) is 3.19. The SMILES string of the molecule is O=C(COC(=O)c1cc(O)c2ccccc2c1O)Nc1cccc(F)c1. The zero-order chi connectivity index (χ0) is 18.7. The Morgan fingerprint density at radius 3 is 2.46 bits per heavy atom. The average molecular weight is 355 g/mol. The van der Waals surface area contributed by atoms with Crippen LogP contribution in [0.1, 0.15) is 10.4 Å². The summed E-state index contributed by atoms with van der Waals surface area (Å²) in [6.07, 6.45) is 0. The maximum atomic E-state index is 13.1. The van der Waals surface area contributed by atoms with Crippen molar-refractivity contribution in [1.29, 1.82) is 0 Å². The second-order valence-electron chi connectivity index (χ2n) is 5.47. The van der Waals surface area contributed by atoms with E-state index >= 15 is 0 Å². The quantitative estimate of drug-likeness (QED) is 0.493. The number of hydrogen-bond acceptors (Lipinski definition) is 5. The number of carbonyl (C=O) groups excluding carboxylic acids is 2. The highest BCUT2D eigenvalue weighted by molar-refractivity contribution is 6.04. The molecule has 0 unspecified atom stereocenters. The zero-order valence-electron chi connectivity index (χ0n) is 13.4. The first-order chi connectivity index (χ1) is 12.5. The topological polar surface area (TPSA) is 95.9 Å². The second-order valence-corrected chi connectivity index (χ2v) is 5.47. The zero-order valence-corrected chi connectivity index (χ0v) is 13.4. The van der Waals surface area contributed by atoms with Gasteiger partial charge in [-0.25, -0.2) is 9.18 Å². The van der Waals surface area contributed by atoms with E-state index in [4.69, 9.17) is 4.74 Å². The first-order valence-electron chi connectivity index (χ1n) is 7.62. The van der Waals surface area contributed by atoms with Crippen LogP contribution in [0.15, 0.2) is 54.6 Å². The molecule has 0 saturated heterocycles. The summed E-state index contributed by atoms with van der Waals surface area (Å²) in [6, 6.07) is 12.8. The van der Waals surface area contributed by atoms with Crippen molar-refractivity contribution < 1.29 is 28.9 Å². The lowest BCUT2D eigenvalue weighted by atomic mass is 10.0. The van der Waals surface area contributed by atoms with E-state index in [0.717, 1.165) is 12.1 Å². The Hall–Kier alpha value is -3.61. The number of nitrogens with one attached hydrogen (secondary N) is 1. The van der Waals surface area contributed by atoms with Gasteiger partial charge in [-0.05, 0) is 24.3 Å². The molecule has 26 heavy (non-hydrogen) atoms. The minimum absolute atomic E-state index is 0.199. The van der Waals surface area contributed by atoms with Gasteiger partial charge in [-0.15, -0.1) is 0 Å². The standard InChI is InChI=1S/C19H14FNO5/c20-11-4-3-5-12(8-11)21-17(23)10-26-19(25)15-9-16(22)13-6-1-2-7-14(13)18(15)24/h1-9,22,24H,10H2,(H,21,23). The van der Waals surface area contributed by atoms with Gasteiger partial charge in [0.25, 0.3) is 5.91 Å². The molecule has 3 N–H and O–H groups in total. The number of anilines is 1. The van der Waals surface area contributed by atoms with E-state index in [1.54, 1.807) is 18.2 Å². The third-order valence-corrected chi connectivity index (χ3v) is 3.66. The van der Waals surface area contributed by atoms with Gasteiger partial charge < -0.3 is 20.3 Å². The molecule has 3 aromatic rings. The largest absolute Gasteiger partial charge is 0.507 e. The predicted molar refractivity (Wildman–Crippen MR) is 92.6 cm³/mol. The van der Waals surface area contributed by atoms with Crippen LogP contribution in [-0.2, 0) is 9.53 Å². The second kappa shape index (κ2) is 7.10. The first kappa shape index (κ1) is 17.2. The van der Waals surface area contributed by atoms with Gasteiger partial charge in [0.2, 0.25) is 0 Å². The molecule has 132 valence electrons. The number of fused-ring (bicyclic) bond motifs is 1. The summed E-state index contributed by atoms with van der Waals surface area (Å²) in [5, 5.41) is 23.2. The summed E-state index contributed by atoms with van der Waals surface area (Å²) in [5.41, 5.74) is -0.0444.